The number of allylic oxidation sites excluding steroid dienone is 2. The summed E-state index contributed by atoms with van der Waals surface area (Å²) in [6, 6.07) is 3.98. The van der Waals surface area contributed by atoms with Gasteiger partial charge in [0.15, 0.2) is 0 Å². The number of hydrogen-bond acceptors (Lipinski definition) is 1. The molecular weight excluding hydrogens is 174 g/mol. The van der Waals surface area contributed by atoms with E-state index in [-0.39, 0.29) is 5.91 Å². The number of carbonyl (C=O) groups excluding carboxylic acids is 1. The molecule has 0 unspecified atom stereocenters. The van der Waals surface area contributed by atoms with Crippen molar-refractivity contribution >= 4 is 11.5 Å². The molecule has 1 aromatic carbocycles. The molecule has 0 aromatic heterocycles. The maximum Gasteiger partial charge on any atom is 0.249 e. The van der Waals surface area contributed by atoms with Crippen molar-refractivity contribution in [1.82, 2.24) is 0 Å². The third kappa shape index (κ3) is 1.23. The van der Waals surface area contributed by atoms with Crippen molar-refractivity contribution in [3.63, 3.8) is 0 Å². The minimum Gasteiger partial charge on any atom is -0.366 e. The van der Waals surface area contributed by atoms with E-state index in [2.05, 4.69) is 19.1 Å². The third-order valence-electron chi connectivity index (χ3n) is 2.70. The van der Waals surface area contributed by atoms with Gasteiger partial charge in [-0.1, -0.05) is 12.1 Å². The Kier molecular flexibility index (Phi) is 1.92. The molecule has 0 atom stereocenters. The average Bonchev–Trinajstić information content (AvgIpc) is 2.47. The van der Waals surface area contributed by atoms with Gasteiger partial charge in [0.05, 0.1) is 0 Å². The lowest BCUT2D eigenvalue weighted by Crippen LogP contribution is -2.14. The van der Waals surface area contributed by atoms with Gasteiger partial charge in [0.25, 0.3) is 0 Å². The lowest BCUT2D eigenvalue weighted by Gasteiger charge is -2.08. The Hall–Kier alpha value is -1.57. The van der Waals surface area contributed by atoms with Gasteiger partial charge in [-0.2, -0.15) is 0 Å². The fraction of sp³-hybridized carbons (Fsp3) is 0.250. The molecule has 0 aliphatic heterocycles. The Morgan fingerprint density at radius 2 is 2.07 bits per heavy atom. The van der Waals surface area contributed by atoms with Crippen molar-refractivity contribution in [2.24, 2.45) is 5.73 Å². The van der Waals surface area contributed by atoms with Gasteiger partial charge in [0, 0.05) is 5.56 Å². The number of nitrogens with two attached hydrogens (primary N) is 1. The summed E-state index contributed by atoms with van der Waals surface area (Å²) >= 11 is 0. The fourth-order valence-corrected chi connectivity index (χ4v) is 1.97. The van der Waals surface area contributed by atoms with E-state index in [1.165, 1.54) is 11.1 Å². The highest BCUT2D eigenvalue weighted by molar-refractivity contribution is 5.97. The second-order valence-electron chi connectivity index (χ2n) is 3.79. The van der Waals surface area contributed by atoms with Crippen molar-refractivity contribution in [2.75, 3.05) is 0 Å². The summed E-state index contributed by atoms with van der Waals surface area (Å²) in [6.45, 7) is 4.05. The summed E-state index contributed by atoms with van der Waals surface area (Å²) in [7, 11) is 0. The van der Waals surface area contributed by atoms with Crippen molar-refractivity contribution in [3.8, 4) is 0 Å². The Morgan fingerprint density at radius 3 is 2.71 bits per heavy atom. The highest BCUT2D eigenvalue weighted by Crippen LogP contribution is 2.30. The molecule has 2 N–H and O–H groups in total. The van der Waals surface area contributed by atoms with E-state index in [4.69, 9.17) is 5.73 Å². The molecule has 0 radical (unpaired) electrons. The molecule has 0 saturated carbocycles. The topological polar surface area (TPSA) is 43.1 Å². The van der Waals surface area contributed by atoms with Crippen LogP contribution in [0.15, 0.2) is 18.2 Å². The first-order valence-electron chi connectivity index (χ1n) is 4.70. The number of aryl methyl sites for hydroxylation is 1. The van der Waals surface area contributed by atoms with Gasteiger partial charge in [-0.15, -0.1) is 0 Å². The van der Waals surface area contributed by atoms with E-state index in [0.717, 1.165) is 17.5 Å². The highest BCUT2D eigenvalue weighted by atomic mass is 16.1. The van der Waals surface area contributed by atoms with Crippen LogP contribution in [0.3, 0.4) is 0 Å². The zero-order chi connectivity index (χ0) is 10.3. The van der Waals surface area contributed by atoms with Gasteiger partial charge in [-0.25, -0.2) is 0 Å². The molecule has 0 saturated heterocycles. The van der Waals surface area contributed by atoms with Crippen LogP contribution in [0.4, 0.5) is 0 Å². The van der Waals surface area contributed by atoms with E-state index in [9.17, 15) is 4.79 Å². The lowest BCUT2D eigenvalue weighted by molar-refractivity contribution is 0.0999. The van der Waals surface area contributed by atoms with Gasteiger partial charge >= 0.3 is 0 Å². The van der Waals surface area contributed by atoms with E-state index in [1.807, 2.05) is 13.0 Å². The molecule has 2 heteroatoms. The molecule has 2 nitrogen and oxygen atoms in total. The Labute approximate surface area is 83.4 Å². The van der Waals surface area contributed by atoms with Gasteiger partial charge in [-0.05, 0) is 48.6 Å². The molecule has 1 aromatic rings. The minimum atomic E-state index is -0.326. The molecule has 72 valence electrons. The second kappa shape index (κ2) is 2.98. The van der Waals surface area contributed by atoms with Gasteiger partial charge in [0.2, 0.25) is 5.91 Å². The normalized spacial score (nSPS) is 13.7. The third-order valence-corrected chi connectivity index (χ3v) is 2.70. The number of rotatable bonds is 1. The zero-order valence-corrected chi connectivity index (χ0v) is 8.42. The van der Waals surface area contributed by atoms with E-state index in [1.54, 1.807) is 0 Å². The van der Waals surface area contributed by atoms with Crippen LogP contribution >= 0.6 is 0 Å². The number of benzene rings is 1. The van der Waals surface area contributed by atoms with Crippen molar-refractivity contribution in [2.45, 2.75) is 20.3 Å². The summed E-state index contributed by atoms with van der Waals surface area (Å²) in [5.74, 6) is -0.326. The van der Waals surface area contributed by atoms with Crippen LogP contribution < -0.4 is 5.73 Å². The van der Waals surface area contributed by atoms with Crippen LogP contribution in [0.1, 0.15) is 34.0 Å². The average molecular weight is 187 g/mol. The standard InChI is InChI=1S/C12H13NO/c1-7-5-10-8(2)3-4-9(10)11(6-7)12(13)14/h3,5-6H,4H2,1-2H3,(H2,13,14). The molecule has 0 heterocycles. The molecular formula is C12H13NO. The van der Waals surface area contributed by atoms with Crippen LogP contribution in [0.25, 0.3) is 5.57 Å². The number of hydrogen-bond donors (Lipinski definition) is 1. The summed E-state index contributed by atoms with van der Waals surface area (Å²) in [5, 5.41) is 0. The monoisotopic (exact) mass is 187 g/mol. The van der Waals surface area contributed by atoms with Crippen LogP contribution in [0.2, 0.25) is 0 Å². The molecule has 0 fully saturated rings. The Morgan fingerprint density at radius 1 is 1.36 bits per heavy atom. The van der Waals surface area contributed by atoms with Crippen LogP contribution in [0, 0.1) is 6.92 Å². The van der Waals surface area contributed by atoms with Gasteiger partial charge in [0.1, 0.15) is 0 Å². The molecule has 2 rings (SSSR count). The van der Waals surface area contributed by atoms with Crippen LogP contribution in [-0.4, -0.2) is 5.91 Å². The molecule has 0 bridgehead atoms. The Bertz CT molecular complexity index is 444. The number of amides is 1. The Balaban J connectivity index is 2.67. The van der Waals surface area contributed by atoms with Crippen molar-refractivity contribution in [3.05, 3.63) is 40.5 Å². The first-order valence-corrected chi connectivity index (χ1v) is 4.70. The van der Waals surface area contributed by atoms with Gasteiger partial charge in [-0.3, -0.25) is 4.79 Å². The molecule has 1 aliphatic rings. The number of primary amides is 1. The first-order chi connectivity index (χ1) is 6.59. The van der Waals surface area contributed by atoms with Crippen LogP contribution in [-0.2, 0) is 6.42 Å². The number of carbonyl (C=O) groups is 1. The fourth-order valence-electron chi connectivity index (χ4n) is 1.97. The molecule has 1 amide bonds. The molecule has 1 aliphatic carbocycles. The zero-order valence-electron chi connectivity index (χ0n) is 8.42. The molecule has 14 heavy (non-hydrogen) atoms. The molecule has 0 spiro atoms. The van der Waals surface area contributed by atoms with E-state index < -0.39 is 0 Å². The summed E-state index contributed by atoms with van der Waals surface area (Å²) in [4.78, 5) is 11.2. The predicted molar refractivity (Wildman–Crippen MR) is 57.1 cm³/mol. The lowest BCUT2D eigenvalue weighted by atomic mass is 9.97. The second-order valence-corrected chi connectivity index (χ2v) is 3.79. The first kappa shape index (κ1) is 9.00. The summed E-state index contributed by atoms with van der Waals surface area (Å²) in [5.41, 5.74) is 10.6. The largest absolute Gasteiger partial charge is 0.366 e. The highest BCUT2D eigenvalue weighted by Gasteiger charge is 2.17. The summed E-state index contributed by atoms with van der Waals surface area (Å²) in [6.07, 6.45) is 2.97. The van der Waals surface area contributed by atoms with Gasteiger partial charge < -0.3 is 5.73 Å². The maximum atomic E-state index is 11.2. The van der Waals surface area contributed by atoms with Crippen molar-refractivity contribution in [1.29, 1.82) is 0 Å². The minimum absolute atomic E-state index is 0.326. The smallest absolute Gasteiger partial charge is 0.249 e. The van der Waals surface area contributed by atoms with E-state index in [0.29, 0.717) is 5.56 Å². The summed E-state index contributed by atoms with van der Waals surface area (Å²) < 4.78 is 0. The number of fused-ring (bicyclic) bond motifs is 1. The quantitative estimate of drug-likeness (QED) is 0.718. The van der Waals surface area contributed by atoms with E-state index >= 15 is 0 Å². The van der Waals surface area contributed by atoms with Crippen LogP contribution in [0.5, 0.6) is 0 Å². The predicted octanol–water partition coefficient (Wildman–Crippen LogP) is 2.05. The maximum absolute atomic E-state index is 11.2. The van der Waals surface area contributed by atoms with Crippen molar-refractivity contribution < 1.29 is 4.79 Å². The SMILES string of the molecule is CC1=CCc2c(C(N)=O)cc(C)cc21.